The highest BCUT2D eigenvalue weighted by molar-refractivity contribution is 5.95. The van der Waals surface area contributed by atoms with Gasteiger partial charge in [0.25, 0.3) is 5.91 Å². The third-order valence-electron chi connectivity index (χ3n) is 7.47. The van der Waals surface area contributed by atoms with E-state index in [-0.39, 0.29) is 41.5 Å². The number of rotatable bonds is 6. The monoisotopic (exact) mass is 479 g/mol. The Morgan fingerprint density at radius 1 is 1.00 bits per heavy atom. The van der Waals surface area contributed by atoms with Crippen LogP contribution in [0.1, 0.15) is 66.9 Å². The van der Waals surface area contributed by atoms with Crippen LogP contribution in [0.4, 0.5) is 17.6 Å². The number of carbonyl (C=O) groups excluding carboxylic acids is 1. The quantitative estimate of drug-likeness (QED) is 0.569. The molecule has 0 radical (unpaired) electrons. The molecule has 2 fully saturated rings. The molecule has 4 nitrogen and oxygen atoms in total. The Morgan fingerprint density at radius 2 is 1.56 bits per heavy atom. The molecule has 2 saturated carbocycles. The second kappa shape index (κ2) is 8.96. The van der Waals surface area contributed by atoms with Crippen molar-refractivity contribution in [3.63, 3.8) is 0 Å². The van der Waals surface area contributed by atoms with Crippen molar-refractivity contribution in [2.24, 2.45) is 0 Å². The molecule has 0 saturated heterocycles. The molecule has 2 N–H and O–H groups in total. The van der Waals surface area contributed by atoms with Crippen molar-refractivity contribution >= 4 is 5.91 Å². The SMILES string of the molecule is C[C@](O)(c1ccc(C(=O)N(C2CC2)[C@H]2CC[C@@](CO)(c3ccccc3F)CC2)cc1)C(F)(F)F. The van der Waals surface area contributed by atoms with Crippen LogP contribution in [0.15, 0.2) is 48.5 Å². The molecule has 34 heavy (non-hydrogen) atoms. The van der Waals surface area contributed by atoms with Gasteiger partial charge in [-0.25, -0.2) is 4.39 Å². The van der Waals surface area contributed by atoms with Crippen LogP contribution in [0, 0.1) is 5.82 Å². The normalized spacial score (nSPS) is 25.0. The summed E-state index contributed by atoms with van der Waals surface area (Å²) < 4.78 is 53.9. The second-order valence-electron chi connectivity index (χ2n) is 9.74. The smallest absolute Gasteiger partial charge is 0.395 e. The summed E-state index contributed by atoms with van der Waals surface area (Å²) in [4.78, 5) is 15.2. The van der Waals surface area contributed by atoms with Gasteiger partial charge in [0.1, 0.15) is 5.82 Å². The Balaban J connectivity index is 1.52. The lowest BCUT2D eigenvalue weighted by molar-refractivity contribution is -0.258. The maximum absolute atomic E-state index is 14.5. The van der Waals surface area contributed by atoms with Crippen LogP contribution in [-0.2, 0) is 11.0 Å². The molecule has 2 aromatic carbocycles. The van der Waals surface area contributed by atoms with E-state index >= 15 is 0 Å². The van der Waals surface area contributed by atoms with Gasteiger partial charge >= 0.3 is 6.18 Å². The second-order valence-corrected chi connectivity index (χ2v) is 9.74. The number of amides is 1. The maximum atomic E-state index is 14.5. The van der Waals surface area contributed by atoms with Gasteiger partial charge < -0.3 is 15.1 Å². The number of carbonyl (C=O) groups is 1. The molecule has 0 heterocycles. The lowest BCUT2D eigenvalue weighted by Crippen LogP contribution is -2.47. The van der Waals surface area contributed by atoms with Gasteiger partial charge in [0, 0.05) is 23.1 Å². The van der Waals surface area contributed by atoms with Gasteiger partial charge in [0.15, 0.2) is 5.60 Å². The molecule has 2 aliphatic rings. The summed E-state index contributed by atoms with van der Waals surface area (Å²) in [5.74, 6) is -0.604. The zero-order chi connectivity index (χ0) is 24.7. The average Bonchev–Trinajstić information content (AvgIpc) is 3.64. The Hall–Kier alpha value is -2.45. The van der Waals surface area contributed by atoms with Crippen molar-refractivity contribution in [2.45, 2.75) is 74.7 Å². The van der Waals surface area contributed by atoms with Crippen molar-refractivity contribution in [1.82, 2.24) is 4.90 Å². The molecule has 0 bridgehead atoms. The topological polar surface area (TPSA) is 60.8 Å². The standard InChI is InChI=1S/C26H29F4NO3/c1-24(34,26(28,29)30)18-8-6-17(7-9-18)23(33)31(19-10-11-19)20-12-14-25(16-32,15-13-20)21-4-2-3-5-22(21)27/h2-9,19-20,32,34H,10-16H2,1H3/t20-,24-,25+/m0/s1. The highest BCUT2D eigenvalue weighted by atomic mass is 19.4. The molecule has 0 unspecified atom stereocenters. The van der Waals surface area contributed by atoms with Crippen molar-refractivity contribution in [3.05, 3.63) is 71.0 Å². The summed E-state index contributed by atoms with van der Waals surface area (Å²) in [6.45, 7) is 0.504. The minimum absolute atomic E-state index is 0.0746. The Kier molecular flexibility index (Phi) is 6.50. The molecule has 1 atom stereocenters. The summed E-state index contributed by atoms with van der Waals surface area (Å²) in [6.07, 6.45) is -0.866. The van der Waals surface area contributed by atoms with Gasteiger partial charge in [-0.3, -0.25) is 4.79 Å². The van der Waals surface area contributed by atoms with E-state index < -0.39 is 17.2 Å². The van der Waals surface area contributed by atoms with E-state index in [4.69, 9.17) is 0 Å². The highest BCUT2D eigenvalue weighted by Crippen LogP contribution is 2.44. The minimum Gasteiger partial charge on any atom is -0.395 e. The lowest BCUT2D eigenvalue weighted by atomic mass is 9.68. The summed E-state index contributed by atoms with van der Waals surface area (Å²) in [5, 5.41) is 20.0. The molecule has 1 amide bonds. The largest absolute Gasteiger partial charge is 0.421 e. The van der Waals surface area contributed by atoms with Gasteiger partial charge in [-0.05, 0) is 74.8 Å². The molecule has 0 aromatic heterocycles. The van der Waals surface area contributed by atoms with Crippen molar-refractivity contribution in [1.29, 1.82) is 0 Å². The number of aliphatic hydroxyl groups is 2. The molecule has 2 aliphatic carbocycles. The number of aliphatic hydroxyl groups excluding tert-OH is 1. The van der Waals surface area contributed by atoms with Crippen LogP contribution >= 0.6 is 0 Å². The Morgan fingerprint density at radius 3 is 2.06 bits per heavy atom. The van der Waals surface area contributed by atoms with Crippen molar-refractivity contribution < 1.29 is 32.6 Å². The maximum Gasteiger partial charge on any atom is 0.421 e. The fraction of sp³-hybridized carbons (Fsp3) is 0.500. The molecule has 0 spiro atoms. The third kappa shape index (κ3) is 4.45. The molecule has 4 rings (SSSR count). The van der Waals surface area contributed by atoms with E-state index in [1.807, 2.05) is 4.90 Å². The highest BCUT2D eigenvalue weighted by Gasteiger charge is 2.51. The molecule has 8 heteroatoms. The molecule has 184 valence electrons. The number of halogens is 4. The van der Waals surface area contributed by atoms with Crippen LogP contribution in [0.2, 0.25) is 0 Å². The van der Waals surface area contributed by atoms with Gasteiger partial charge in [-0.15, -0.1) is 0 Å². The molecule has 0 aliphatic heterocycles. The van der Waals surface area contributed by atoms with E-state index in [1.54, 1.807) is 18.2 Å². The van der Waals surface area contributed by atoms with Crippen LogP contribution in [-0.4, -0.2) is 45.9 Å². The van der Waals surface area contributed by atoms with Gasteiger partial charge in [-0.1, -0.05) is 30.3 Å². The first kappa shape index (κ1) is 24.7. The van der Waals surface area contributed by atoms with E-state index in [0.717, 1.165) is 25.0 Å². The van der Waals surface area contributed by atoms with Gasteiger partial charge in [0.2, 0.25) is 0 Å². The first-order valence-corrected chi connectivity index (χ1v) is 11.6. The number of hydrogen-bond donors (Lipinski definition) is 2. The fourth-order valence-corrected chi connectivity index (χ4v) is 5.07. The van der Waals surface area contributed by atoms with Crippen molar-refractivity contribution in [2.75, 3.05) is 6.61 Å². The Labute approximate surface area is 196 Å². The fourth-order valence-electron chi connectivity index (χ4n) is 5.07. The first-order chi connectivity index (χ1) is 16.0. The summed E-state index contributed by atoms with van der Waals surface area (Å²) in [6, 6.07) is 11.4. The number of nitrogens with zero attached hydrogens (tertiary/aromatic N) is 1. The average molecular weight is 480 g/mol. The zero-order valence-corrected chi connectivity index (χ0v) is 19.0. The number of alkyl halides is 3. The summed E-state index contributed by atoms with van der Waals surface area (Å²) >= 11 is 0. The van der Waals surface area contributed by atoms with Gasteiger partial charge in [0.05, 0.1) is 6.61 Å². The predicted molar refractivity (Wildman–Crippen MR) is 119 cm³/mol. The van der Waals surface area contributed by atoms with E-state index in [1.165, 1.54) is 18.2 Å². The van der Waals surface area contributed by atoms with Gasteiger partial charge in [-0.2, -0.15) is 13.2 Å². The molecular weight excluding hydrogens is 450 g/mol. The number of benzene rings is 2. The zero-order valence-electron chi connectivity index (χ0n) is 19.0. The van der Waals surface area contributed by atoms with Crippen LogP contribution < -0.4 is 0 Å². The lowest BCUT2D eigenvalue weighted by Gasteiger charge is -2.43. The van der Waals surface area contributed by atoms with Crippen LogP contribution in [0.3, 0.4) is 0 Å². The van der Waals surface area contributed by atoms with Crippen molar-refractivity contribution in [3.8, 4) is 0 Å². The molecule has 2 aromatic rings. The molecular formula is C26H29F4NO3. The first-order valence-electron chi connectivity index (χ1n) is 11.6. The summed E-state index contributed by atoms with van der Waals surface area (Å²) in [5.41, 5.74) is -3.27. The van der Waals surface area contributed by atoms with Crippen LogP contribution in [0.25, 0.3) is 0 Å². The van der Waals surface area contributed by atoms with E-state index in [0.29, 0.717) is 38.2 Å². The number of hydrogen-bond acceptors (Lipinski definition) is 3. The van der Waals surface area contributed by atoms with E-state index in [2.05, 4.69) is 0 Å². The minimum atomic E-state index is -4.84. The predicted octanol–water partition coefficient (Wildman–Crippen LogP) is 5.07. The van der Waals surface area contributed by atoms with E-state index in [9.17, 15) is 32.6 Å². The summed E-state index contributed by atoms with van der Waals surface area (Å²) in [7, 11) is 0. The Bertz CT molecular complexity index is 1020. The van der Waals surface area contributed by atoms with Crippen LogP contribution in [0.5, 0.6) is 0 Å². The third-order valence-corrected chi connectivity index (χ3v) is 7.47.